The molecule has 0 radical (unpaired) electrons. The van der Waals surface area contributed by atoms with Gasteiger partial charge in [0.1, 0.15) is 5.75 Å². The molecule has 0 unspecified atom stereocenters. The van der Waals surface area contributed by atoms with Crippen molar-refractivity contribution in [1.29, 1.82) is 0 Å². The molecule has 0 aliphatic carbocycles. The molecule has 0 fully saturated rings. The Morgan fingerprint density at radius 3 is 2.68 bits per heavy atom. The number of hydrogen-bond acceptors (Lipinski definition) is 5. The molecule has 1 aliphatic rings. The van der Waals surface area contributed by atoms with Crippen molar-refractivity contribution in [3.63, 3.8) is 0 Å². The van der Waals surface area contributed by atoms with E-state index < -0.39 is 0 Å². The first kappa shape index (κ1) is 14.3. The Kier molecular flexibility index (Phi) is 3.66. The van der Waals surface area contributed by atoms with Crippen LogP contribution in [0.15, 0.2) is 30.5 Å². The molecular weight excluding hydrogens is 280 g/mol. The Hall–Kier alpha value is -2.63. The zero-order valence-corrected chi connectivity index (χ0v) is 12.6. The Morgan fingerprint density at radius 2 is 2.00 bits per heavy atom. The molecule has 22 heavy (non-hydrogen) atoms. The lowest BCUT2D eigenvalue weighted by Gasteiger charge is -2.15. The largest absolute Gasteiger partial charge is 0.491 e. The molecule has 1 aromatic heterocycles. The van der Waals surface area contributed by atoms with Crippen molar-refractivity contribution in [1.82, 2.24) is 14.9 Å². The second-order valence-electron chi connectivity index (χ2n) is 5.55. The maximum absolute atomic E-state index is 12.5. The lowest BCUT2D eigenvalue weighted by molar-refractivity contribution is 0.0750. The predicted molar refractivity (Wildman–Crippen MR) is 82.2 cm³/mol. The van der Waals surface area contributed by atoms with Crippen molar-refractivity contribution in [2.45, 2.75) is 33.0 Å². The van der Waals surface area contributed by atoms with Gasteiger partial charge in [-0.05, 0) is 38.1 Å². The zero-order chi connectivity index (χ0) is 15.7. The molecule has 1 amide bonds. The molecule has 0 bridgehead atoms. The van der Waals surface area contributed by atoms with Crippen LogP contribution in [0.5, 0.6) is 5.75 Å². The molecule has 3 rings (SSSR count). The molecule has 2 aromatic rings. The van der Waals surface area contributed by atoms with E-state index in [0.29, 0.717) is 18.7 Å². The van der Waals surface area contributed by atoms with Crippen LogP contribution >= 0.6 is 0 Å². The summed E-state index contributed by atoms with van der Waals surface area (Å²) in [6, 6.07) is 7.19. The van der Waals surface area contributed by atoms with Gasteiger partial charge in [0.2, 0.25) is 5.95 Å². The lowest BCUT2D eigenvalue weighted by atomic mass is 10.2. The Labute approximate surface area is 128 Å². The standard InChI is InChI=1S/C16H18N4O2/c1-10(2)22-13-5-3-11(4-6-13)15(21)20-8-12-7-18-16(17)19-14(12)9-20/h3-7,10H,8-9H2,1-2H3,(H2,17,18,19). The number of nitrogens with zero attached hydrogens (tertiary/aromatic N) is 3. The van der Waals surface area contributed by atoms with E-state index in [1.165, 1.54) is 0 Å². The maximum Gasteiger partial charge on any atom is 0.254 e. The van der Waals surface area contributed by atoms with E-state index in [2.05, 4.69) is 9.97 Å². The summed E-state index contributed by atoms with van der Waals surface area (Å²) in [5.41, 5.74) is 7.98. The molecule has 1 aliphatic heterocycles. The number of benzene rings is 1. The van der Waals surface area contributed by atoms with E-state index in [-0.39, 0.29) is 18.0 Å². The van der Waals surface area contributed by atoms with Crippen LogP contribution in [-0.2, 0) is 13.1 Å². The first-order chi connectivity index (χ1) is 10.5. The van der Waals surface area contributed by atoms with Crippen molar-refractivity contribution in [3.05, 3.63) is 47.3 Å². The summed E-state index contributed by atoms with van der Waals surface area (Å²) in [5, 5.41) is 0. The monoisotopic (exact) mass is 298 g/mol. The van der Waals surface area contributed by atoms with Gasteiger partial charge in [-0.15, -0.1) is 0 Å². The molecule has 2 heterocycles. The second-order valence-corrected chi connectivity index (χ2v) is 5.55. The summed E-state index contributed by atoms with van der Waals surface area (Å²) < 4.78 is 5.58. The Morgan fingerprint density at radius 1 is 1.27 bits per heavy atom. The van der Waals surface area contributed by atoms with Crippen LogP contribution in [0.3, 0.4) is 0 Å². The minimum absolute atomic E-state index is 0.0346. The quantitative estimate of drug-likeness (QED) is 0.937. The third-order valence-corrected chi connectivity index (χ3v) is 3.43. The maximum atomic E-state index is 12.5. The van der Waals surface area contributed by atoms with E-state index in [9.17, 15) is 4.79 Å². The number of ether oxygens (including phenoxy) is 1. The summed E-state index contributed by atoms with van der Waals surface area (Å²) >= 11 is 0. The van der Waals surface area contributed by atoms with Crippen LogP contribution in [0.2, 0.25) is 0 Å². The number of aromatic nitrogens is 2. The Balaban J connectivity index is 1.73. The normalized spacial score (nSPS) is 13.3. The number of carbonyl (C=O) groups is 1. The van der Waals surface area contributed by atoms with Gasteiger partial charge in [-0.3, -0.25) is 4.79 Å². The summed E-state index contributed by atoms with van der Waals surface area (Å²) in [6.07, 6.45) is 1.79. The number of nitrogen functional groups attached to an aromatic ring is 1. The first-order valence-electron chi connectivity index (χ1n) is 7.19. The van der Waals surface area contributed by atoms with Gasteiger partial charge in [0.25, 0.3) is 5.91 Å². The van der Waals surface area contributed by atoms with Crippen LogP contribution in [0.1, 0.15) is 35.5 Å². The minimum Gasteiger partial charge on any atom is -0.491 e. The summed E-state index contributed by atoms with van der Waals surface area (Å²) in [7, 11) is 0. The third kappa shape index (κ3) is 2.86. The zero-order valence-electron chi connectivity index (χ0n) is 12.6. The molecule has 1 aromatic carbocycles. The SMILES string of the molecule is CC(C)Oc1ccc(C(=O)N2Cc3cnc(N)nc3C2)cc1. The molecule has 6 heteroatoms. The number of nitrogens with two attached hydrogens (primary N) is 1. The van der Waals surface area contributed by atoms with E-state index in [1.807, 2.05) is 26.0 Å². The van der Waals surface area contributed by atoms with E-state index in [4.69, 9.17) is 10.5 Å². The van der Waals surface area contributed by atoms with Gasteiger partial charge in [0, 0.05) is 23.9 Å². The summed E-state index contributed by atoms with van der Waals surface area (Å²) in [4.78, 5) is 22.4. The number of amides is 1. The van der Waals surface area contributed by atoms with Gasteiger partial charge in [0.15, 0.2) is 0 Å². The van der Waals surface area contributed by atoms with Crippen LogP contribution in [0, 0.1) is 0 Å². The average Bonchev–Trinajstić information content (AvgIpc) is 2.89. The third-order valence-electron chi connectivity index (χ3n) is 3.43. The van der Waals surface area contributed by atoms with Gasteiger partial charge in [-0.2, -0.15) is 0 Å². The molecule has 6 nitrogen and oxygen atoms in total. The highest BCUT2D eigenvalue weighted by atomic mass is 16.5. The van der Waals surface area contributed by atoms with Crippen LogP contribution in [-0.4, -0.2) is 26.9 Å². The van der Waals surface area contributed by atoms with Gasteiger partial charge >= 0.3 is 0 Å². The number of carbonyl (C=O) groups excluding carboxylic acids is 1. The predicted octanol–water partition coefficient (Wildman–Crippen LogP) is 2.00. The first-order valence-corrected chi connectivity index (χ1v) is 7.19. The van der Waals surface area contributed by atoms with Crippen LogP contribution in [0.25, 0.3) is 0 Å². The minimum atomic E-state index is -0.0346. The van der Waals surface area contributed by atoms with Crippen molar-refractivity contribution >= 4 is 11.9 Å². The van der Waals surface area contributed by atoms with Crippen molar-refractivity contribution in [3.8, 4) is 5.75 Å². The fourth-order valence-electron chi connectivity index (χ4n) is 2.44. The van der Waals surface area contributed by atoms with Crippen LogP contribution in [0.4, 0.5) is 5.95 Å². The van der Waals surface area contributed by atoms with E-state index >= 15 is 0 Å². The second kappa shape index (κ2) is 5.63. The van der Waals surface area contributed by atoms with E-state index in [0.717, 1.165) is 17.0 Å². The molecule has 0 saturated carbocycles. The van der Waals surface area contributed by atoms with Crippen molar-refractivity contribution in [2.75, 3.05) is 5.73 Å². The molecular formula is C16H18N4O2. The van der Waals surface area contributed by atoms with E-state index in [1.54, 1.807) is 23.2 Å². The summed E-state index contributed by atoms with van der Waals surface area (Å²) in [6.45, 7) is 4.91. The fraction of sp³-hybridized carbons (Fsp3) is 0.312. The van der Waals surface area contributed by atoms with Crippen molar-refractivity contribution in [2.24, 2.45) is 0 Å². The van der Waals surface area contributed by atoms with Crippen LogP contribution < -0.4 is 10.5 Å². The number of hydrogen-bond donors (Lipinski definition) is 1. The van der Waals surface area contributed by atoms with Gasteiger partial charge in [-0.25, -0.2) is 9.97 Å². The number of rotatable bonds is 3. The molecule has 0 spiro atoms. The number of fused-ring (bicyclic) bond motifs is 1. The Bertz CT molecular complexity index is 698. The van der Waals surface area contributed by atoms with Crippen molar-refractivity contribution < 1.29 is 9.53 Å². The molecule has 0 saturated heterocycles. The molecule has 114 valence electrons. The van der Waals surface area contributed by atoms with Gasteiger partial charge < -0.3 is 15.4 Å². The fourth-order valence-corrected chi connectivity index (χ4v) is 2.44. The van der Waals surface area contributed by atoms with Gasteiger partial charge in [0.05, 0.1) is 18.3 Å². The lowest BCUT2D eigenvalue weighted by Crippen LogP contribution is -2.25. The average molecular weight is 298 g/mol. The summed E-state index contributed by atoms with van der Waals surface area (Å²) in [5.74, 6) is 0.964. The molecule has 2 N–H and O–H groups in total. The molecule has 0 atom stereocenters. The highest BCUT2D eigenvalue weighted by Crippen LogP contribution is 2.23. The highest BCUT2D eigenvalue weighted by molar-refractivity contribution is 5.94. The number of anilines is 1. The smallest absolute Gasteiger partial charge is 0.254 e. The topological polar surface area (TPSA) is 81.3 Å². The highest BCUT2D eigenvalue weighted by Gasteiger charge is 2.25. The van der Waals surface area contributed by atoms with Gasteiger partial charge in [-0.1, -0.05) is 0 Å².